The SMILES string of the molecule is CN=C(NCCOCCOC)NCC(C)(C)c1ccc(F)cc1Cl. The lowest BCUT2D eigenvalue weighted by Crippen LogP contribution is -2.44. The predicted molar refractivity (Wildman–Crippen MR) is 96.5 cm³/mol. The zero-order chi connectivity index (χ0) is 18.0. The van der Waals surface area contributed by atoms with Gasteiger partial charge in [0.1, 0.15) is 5.82 Å². The molecule has 0 aliphatic rings. The number of aliphatic imine (C=N–C) groups is 1. The van der Waals surface area contributed by atoms with E-state index in [2.05, 4.69) is 15.6 Å². The largest absolute Gasteiger partial charge is 0.382 e. The number of nitrogens with zero attached hydrogens (tertiary/aromatic N) is 1. The second-order valence-electron chi connectivity index (χ2n) is 5.97. The smallest absolute Gasteiger partial charge is 0.191 e. The van der Waals surface area contributed by atoms with Crippen LogP contribution >= 0.6 is 11.6 Å². The molecule has 24 heavy (non-hydrogen) atoms. The number of rotatable bonds is 9. The fourth-order valence-corrected chi connectivity index (χ4v) is 2.57. The molecular weight excluding hydrogens is 333 g/mol. The molecule has 0 aliphatic heterocycles. The Morgan fingerprint density at radius 1 is 1.25 bits per heavy atom. The number of nitrogens with one attached hydrogen (secondary N) is 2. The van der Waals surface area contributed by atoms with Gasteiger partial charge in [-0.3, -0.25) is 4.99 Å². The van der Waals surface area contributed by atoms with E-state index in [4.69, 9.17) is 21.1 Å². The Morgan fingerprint density at radius 2 is 2.00 bits per heavy atom. The fourth-order valence-electron chi connectivity index (χ4n) is 2.14. The first-order chi connectivity index (χ1) is 11.4. The Morgan fingerprint density at radius 3 is 2.62 bits per heavy atom. The molecule has 0 radical (unpaired) electrons. The molecule has 0 atom stereocenters. The number of ether oxygens (including phenoxy) is 2. The molecule has 1 aromatic carbocycles. The average Bonchev–Trinajstić information content (AvgIpc) is 2.53. The van der Waals surface area contributed by atoms with Gasteiger partial charge in [0, 0.05) is 37.7 Å². The maximum Gasteiger partial charge on any atom is 0.191 e. The average molecular weight is 360 g/mol. The number of guanidine groups is 1. The molecule has 2 N–H and O–H groups in total. The molecule has 1 aromatic rings. The van der Waals surface area contributed by atoms with Gasteiger partial charge < -0.3 is 20.1 Å². The van der Waals surface area contributed by atoms with E-state index >= 15 is 0 Å². The molecule has 7 heteroatoms. The van der Waals surface area contributed by atoms with Gasteiger partial charge in [-0.25, -0.2) is 4.39 Å². The van der Waals surface area contributed by atoms with Gasteiger partial charge in [0.2, 0.25) is 0 Å². The maximum absolute atomic E-state index is 13.2. The minimum atomic E-state index is -0.335. The van der Waals surface area contributed by atoms with Crippen LogP contribution in [-0.2, 0) is 14.9 Å². The molecule has 136 valence electrons. The molecule has 0 saturated carbocycles. The van der Waals surface area contributed by atoms with Crippen molar-refractivity contribution >= 4 is 17.6 Å². The van der Waals surface area contributed by atoms with E-state index in [9.17, 15) is 4.39 Å². The van der Waals surface area contributed by atoms with Crippen molar-refractivity contribution in [3.8, 4) is 0 Å². The minimum absolute atomic E-state index is 0.280. The van der Waals surface area contributed by atoms with Gasteiger partial charge in [-0.05, 0) is 17.7 Å². The van der Waals surface area contributed by atoms with E-state index in [1.165, 1.54) is 12.1 Å². The standard InChI is InChI=1S/C17H27ClFN3O2/c1-17(2,14-6-5-13(19)11-15(14)18)12-22-16(20-3)21-7-8-24-10-9-23-4/h5-6,11H,7-10,12H2,1-4H3,(H2,20,21,22). The predicted octanol–water partition coefficient (Wildman–Crippen LogP) is 2.58. The Labute approximate surface area is 148 Å². The van der Waals surface area contributed by atoms with Crippen LogP contribution in [-0.4, -0.2) is 53.0 Å². The van der Waals surface area contributed by atoms with Crippen molar-refractivity contribution in [2.45, 2.75) is 19.3 Å². The van der Waals surface area contributed by atoms with Crippen LogP contribution in [0.4, 0.5) is 4.39 Å². The summed E-state index contributed by atoms with van der Waals surface area (Å²) in [7, 11) is 3.35. The van der Waals surface area contributed by atoms with Gasteiger partial charge >= 0.3 is 0 Å². The summed E-state index contributed by atoms with van der Waals surface area (Å²) in [5, 5.41) is 6.86. The zero-order valence-corrected chi connectivity index (χ0v) is 15.5. The van der Waals surface area contributed by atoms with Crippen LogP contribution in [0.3, 0.4) is 0 Å². The summed E-state index contributed by atoms with van der Waals surface area (Å²) in [6.07, 6.45) is 0. The maximum atomic E-state index is 13.2. The first-order valence-electron chi connectivity index (χ1n) is 7.87. The lowest BCUT2D eigenvalue weighted by molar-refractivity contribution is 0.0733. The third-order valence-electron chi connectivity index (χ3n) is 3.55. The van der Waals surface area contributed by atoms with Gasteiger partial charge in [-0.2, -0.15) is 0 Å². The van der Waals surface area contributed by atoms with E-state index in [-0.39, 0.29) is 11.2 Å². The summed E-state index contributed by atoms with van der Waals surface area (Å²) in [6.45, 7) is 7.04. The van der Waals surface area contributed by atoms with Crippen LogP contribution in [0.1, 0.15) is 19.4 Å². The molecule has 0 fully saturated rings. The summed E-state index contributed by atoms with van der Waals surface area (Å²) < 4.78 is 23.5. The summed E-state index contributed by atoms with van der Waals surface area (Å²) in [5.74, 6) is 0.343. The van der Waals surface area contributed by atoms with E-state index in [1.54, 1.807) is 20.2 Å². The van der Waals surface area contributed by atoms with Crippen molar-refractivity contribution < 1.29 is 13.9 Å². The van der Waals surface area contributed by atoms with Crippen LogP contribution in [0.25, 0.3) is 0 Å². The third-order valence-corrected chi connectivity index (χ3v) is 3.86. The number of halogens is 2. The highest BCUT2D eigenvalue weighted by atomic mass is 35.5. The Kier molecular flexibility index (Phi) is 9.03. The fraction of sp³-hybridized carbons (Fsp3) is 0.588. The van der Waals surface area contributed by atoms with Crippen molar-refractivity contribution in [1.29, 1.82) is 0 Å². The second-order valence-corrected chi connectivity index (χ2v) is 6.37. The van der Waals surface area contributed by atoms with Crippen LogP contribution < -0.4 is 10.6 Å². The molecule has 0 unspecified atom stereocenters. The van der Waals surface area contributed by atoms with Crippen LogP contribution in [0.15, 0.2) is 23.2 Å². The number of hydrogen-bond donors (Lipinski definition) is 2. The van der Waals surface area contributed by atoms with E-state index in [0.717, 1.165) is 5.56 Å². The van der Waals surface area contributed by atoms with Crippen molar-refractivity contribution in [3.63, 3.8) is 0 Å². The summed E-state index contributed by atoms with van der Waals surface area (Å²) in [5.41, 5.74) is 0.605. The summed E-state index contributed by atoms with van der Waals surface area (Å²) >= 11 is 6.17. The molecule has 1 rings (SSSR count). The van der Waals surface area contributed by atoms with Crippen molar-refractivity contribution in [1.82, 2.24) is 10.6 Å². The first-order valence-corrected chi connectivity index (χ1v) is 8.25. The quantitative estimate of drug-likeness (QED) is 0.404. The Hall–Kier alpha value is -1.37. The zero-order valence-electron chi connectivity index (χ0n) is 14.8. The van der Waals surface area contributed by atoms with Crippen LogP contribution in [0, 0.1) is 5.82 Å². The Bertz CT molecular complexity index is 539. The molecule has 5 nitrogen and oxygen atoms in total. The highest BCUT2D eigenvalue weighted by Crippen LogP contribution is 2.29. The van der Waals surface area contributed by atoms with Gasteiger partial charge in [0.25, 0.3) is 0 Å². The number of hydrogen-bond acceptors (Lipinski definition) is 3. The molecule has 0 heterocycles. The monoisotopic (exact) mass is 359 g/mol. The molecule has 0 saturated heterocycles. The van der Waals surface area contributed by atoms with E-state index in [0.29, 0.717) is 43.9 Å². The van der Waals surface area contributed by atoms with Gasteiger partial charge in [0.05, 0.1) is 19.8 Å². The minimum Gasteiger partial charge on any atom is -0.382 e. The Balaban J connectivity index is 2.46. The summed E-state index contributed by atoms with van der Waals surface area (Å²) in [6, 6.07) is 4.48. The van der Waals surface area contributed by atoms with Crippen molar-refractivity contribution in [2.24, 2.45) is 4.99 Å². The number of benzene rings is 1. The van der Waals surface area contributed by atoms with Crippen LogP contribution in [0.2, 0.25) is 5.02 Å². The molecular formula is C17H27ClFN3O2. The normalized spacial score (nSPS) is 12.3. The highest BCUT2D eigenvalue weighted by Gasteiger charge is 2.24. The molecule has 0 spiro atoms. The first kappa shape index (κ1) is 20.7. The summed E-state index contributed by atoms with van der Waals surface area (Å²) in [4.78, 5) is 4.18. The molecule has 0 aliphatic carbocycles. The topological polar surface area (TPSA) is 54.9 Å². The highest BCUT2D eigenvalue weighted by molar-refractivity contribution is 6.31. The lowest BCUT2D eigenvalue weighted by Gasteiger charge is -2.27. The van der Waals surface area contributed by atoms with Gasteiger partial charge in [-0.15, -0.1) is 0 Å². The third kappa shape index (κ3) is 7.03. The molecule has 0 amide bonds. The van der Waals surface area contributed by atoms with E-state index < -0.39 is 0 Å². The van der Waals surface area contributed by atoms with Crippen molar-refractivity contribution in [3.05, 3.63) is 34.6 Å². The number of methoxy groups -OCH3 is 1. The van der Waals surface area contributed by atoms with Crippen LogP contribution in [0.5, 0.6) is 0 Å². The van der Waals surface area contributed by atoms with E-state index in [1.807, 2.05) is 13.8 Å². The molecule has 0 aromatic heterocycles. The van der Waals surface area contributed by atoms with Gasteiger partial charge in [-0.1, -0.05) is 31.5 Å². The molecule has 0 bridgehead atoms. The van der Waals surface area contributed by atoms with Crippen molar-refractivity contribution in [2.75, 3.05) is 47.1 Å². The lowest BCUT2D eigenvalue weighted by atomic mass is 9.84. The second kappa shape index (κ2) is 10.5. The van der Waals surface area contributed by atoms with Gasteiger partial charge in [0.15, 0.2) is 5.96 Å².